The van der Waals surface area contributed by atoms with Crippen molar-refractivity contribution >= 4 is 5.91 Å². The Morgan fingerprint density at radius 2 is 2.00 bits per heavy atom. The summed E-state index contributed by atoms with van der Waals surface area (Å²) in [4.78, 5) is 15.8. The Bertz CT molecular complexity index is 552. The summed E-state index contributed by atoms with van der Waals surface area (Å²) in [6.07, 6.45) is 3.18. The topological polar surface area (TPSA) is 42.0 Å². The van der Waals surface area contributed by atoms with Crippen LogP contribution in [0, 0.1) is 12.7 Å². The number of aryl methyl sites for hydroxylation is 1. The molecule has 0 atom stereocenters. The minimum Gasteiger partial charge on any atom is -0.348 e. The van der Waals surface area contributed by atoms with Crippen LogP contribution in [0.15, 0.2) is 42.7 Å². The van der Waals surface area contributed by atoms with Gasteiger partial charge in [0.1, 0.15) is 5.82 Å². The van der Waals surface area contributed by atoms with Gasteiger partial charge in [-0.3, -0.25) is 9.78 Å². The molecule has 1 N–H and O–H groups in total. The van der Waals surface area contributed by atoms with Crippen molar-refractivity contribution in [2.75, 3.05) is 0 Å². The van der Waals surface area contributed by atoms with Crippen LogP contribution in [-0.4, -0.2) is 10.9 Å². The van der Waals surface area contributed by atoms with Crippen LogP contribution in [0.4, 0.5) is 4.39 Å². The average molecular weight is 244 g/mol. The first kappa shape index (κ1) is 12.2. The number of rotatable bonds is 3. The van der Waals surface area contributed by atoms with Crippen molar-refractivity contribution in [2.24, 2.45) is 0 Å². The van der Waals surface area contributed by atoms with Crippen molar-refractivity contribution in [1.29, 1.82) is 0 Å². The molecule has 0 saturated carbocycles. The summed E-state index contributed by atoms with van der Waals surface area (Å²) < 4.78 is 12.7. The number of pyridine rings is 1. The summed E-state index contributed by atoms with van der Waals surface area (Å²) in [5.74, 6) is -0.460. The normalized spacial score (nSPS) is 10.1. The number of amides is 1. The molecule has 0 aliphatic rings. The van der Waals surface area contributed by atoms with E-state index in [4.69, 9.17) is 0 Å². The Kier molecular flexibility index (Phi) is 3.67. The fourth-order valence-corrected chi connectivity index (χ4v) is 1.58. The average Bonchev–Trinajstić information content (AvgIpc) is 2.38. The monoisotopic (exact) mass is 244 g/mol. The molecule has 3 nitrogen and oxygen atoms in total. The summed E-state index contributed by atoms with van der Waals surface area (Å²) in [5.41, 5.74) is 2.28. The molecular formula is C14H13FN2O. The smallest absolute Gasteiger partial charge is 0.253 e. The second-order valence-corrected chi connectivity index (χ2v) is 4.00. The molecule has 0 fully saturated rings. The van der Waals surface area contributed by atoms with E-state index >= 15 is 0 Å². The number of nitrogens with zero attached hydrogens (tertiary/aromatic N) is 1. The maximum absolute atomic E-state index is 12.7. The number of nitrogens with one attached hydrogen (secondary N) is 1. The molecule has 4 heteroatoms. The van der Waals surface area contributed by atoms with Crippen LogP contribution in [0.5, 0.6) is 0 Å². The van der Waals surface area contributed by atoms with Gasteiger partial charge in [0.25, 0.3) is 5.91 Å². The van der Waals surface area contributed by atoms with Crippen LogP contribution in [0.3, 0.4) is 0 Å². The van der Waals surface area contributed by atoms with Gasteiger partial charge in [0.05, 0.1) is 5.56 Å². The van der Waals surface area contributed by atoms with Crippen molar-refractivity contribution in [1.82, 2.24) is 10.3 Å². The zero-order valence-corrected chi connectivity index (χ0v) is 9.98. The zero-order valence-electron chi connectivity index (χ0n) is 9.98. The summed E-state index contributed by atoms with van der Waals surface area (Å²) in [5, 5.41) is 2.77. The van der Waals surface area contributed by atoms with Crippen molar-refractivity contribution in [3.05, 3.63) is 65.2 Å². The fourth-order valence-electron chi connectivity index (χ4n) is 1.58. The lowest BCUT2D eigenvalue weighted by Gasteiger charge is -2.07. The molecular weight excluding hydrogens is 231 g/mol. The van der Waals surface area contributed by atoms with E-state index in [0.717, 1.165) is 11.1 Å². The number of carbonyl (C=O) groups excluding carboxylic acids is 1. The third-order valence-corrected chi connectivity index (χ3v) is 2.65. The molecule has 18 heavy (non-hydrogen) atoms. The minimum absolute atomic E-state index is 0.176. The zero-order chi connectivity index (χ0) is 13.0. The maximum Gasteiger partial charge on any atom is 0.253 e. The predicted molar refractivity (Wildman–Crippen MR) is 66.5 cm³/mol. The van der Waals surface area contributed by atoms with Gasteiger partial charge in [0, 0.05) is 18.9 Å². The lowest BCUT2D eigenvalue weighted by molar-refractivity contribution is 0.0950. The quantitative estimate of drug-likeness (QED) is 0.901. The first-order valence-corrected chi connectivity index (χ1v) is 5.60. The highest BCUT2D eigenvalue weighted by Crippen LogP contribution is 2.06. The number of hydrogen-bond donors (Lipinski definition) is 1. The standard InChI is InChI=1S/C14H13FN2O/c1-10-6-7-16-9-13(10)14(18)17-8-11-2-4-12(15)5-3-11/h2-7,9H,8H2,1H3,(H,17,18). The molecule has 0 spiro atoms. The molecule has 1 heterocycles. The van der Waals surface area contributed by atoms with Gasteiger partial charge in [-0.15, -0.1) is 0 Å². The molecule has 1 aromatic carbocycles. The van der Waals surface area contributed by atoms with E-state index < -0.39 is 0 Å². The molecule has 0 aliphatic carbocycles. The first-order chi connectivity index (χ1) is 8.66. The fraction of sp³-hybridized carbons (Fsp3) is 0.143. The van der Waals surface area contributed by atoms with E-state index in [1.54, 1.807) is 24.4 Å². The lowest BCUT2D eigenvalue weighted by atomic mass is 10.1. The van der Waals surface area contributed by atoms with Gasteiger partial charge in [0.2, 0.25) is 0 Å². The van der Waals surface area contributed by atoms with Crippen molar-refractivity contribution < 1.29 is 9.18 Å². The van der Waals surface area contributed by atoms with Crippen molar-refractivity contribution in [2.45, 2.75) is 13.5 Å². The molecule has 1 aromatic heterocycles. The van der Waals surface area contributed by atoms with Crippen molar-refractivity contribution in [3.8, 4) is 0 Å². The number of halogens is 1. The van der Waals surface area contributed by atoms with Gasteiger partial charge in [-0.05, 0) is 36.2 Å². The lowest BCUT2D eigenvalue weighted by Crippen LogP contribution is -2.23. The highest BCUT2D eigenvalue weighted by molar-refractivity contribution is 5.95. The van der Waals surface area contributed by atoms with E-state index in [9.17, 15) is 9.18 Å². The number of hydrogen-bond acceptors (Lipinski definition) is 2. The van der Waals surface area contributed by atoms with Crippen molar-refractivity contribution in [3.63, 3.8) is 0 Å². The Hall–Kier alpha value is -2.23. The molecule has 2 aromatic rings. The molecule has 0 bridgehead atoms. The van der Waals surface area contributed by atoms with Gasteiger partial charge in [-0.1, -0.05) is 12.1 Å². The minimum atomic E-state index is -0.284. The number of aromatic nitrogens is 1. The van der Waals surface area contributed by atoms with Crippen LogP contribution in [0.25, 0.3) is 0 Å². The highest BCUT2D eigenvalue weighted by Gasteiger charge is 2.08. The summed E-state index contributed by atoms with van der Waals surface area (Å²) >= 11 is 0. The SMILES string of the molecule is Cc1ccncc1C(=O)NCc1ccc(F)cc1. The van der Waals surface area contributed by atoms with Gasteiger partial charge < -0.3 is 5.32 Å². The van der Waals surface area contributed by atoms with E-state index in [0.29, 0.717) is 12.1 Å². The molecule has 0 aliphatic heterocycles. The number of benzene rings is 1. The van der Waals surface area contributed by atoms with E-state index in [1.165, 1.54) is 18.3 Å². The Morgan fingerprint density at radius 3 is 2.67 bits per heavy atom. The maximum atomic E-state index is 12.7. The van der Waals surface area contributed by atoms with E-state index in [2.05, 4.69) is 10.3 Å². The van der Waals surface area contributed by atoms with Crippen LogP contribution in [0.2, 0.25) is 0 Å². The number of carbonyl (C=O) groups is 1. The molecule has 92 valence electrons. The summed E-state index contributed by atoms with van der Waals surface area (Å²) in [7, 11) is 0. The van der Waals surface area contributed by atoms with Crippen LogP contribution >= 0.6 is 0 Å². The van der Waals surface area contributed by atoms with Crippen LogP contribution in [-0.2, 0) is 6.54 Å². The van der Waals surface area contributed by atoms with E-state index in [1.807, 2.05) is 6.92 Å². The second-order valence-electron chi connectivity index (χ2n) is 4.00. The molecule has 0 unspecified atom stereocenters. The van der Waals surface area contributed by atoms with Crippen LogP contribution < -0.4 is 5.32 Å². The van der Waals surface area contributed by atoms with Crippen LogP contribution in [0.1, 0.15) is 21.5 Å². The first-order valence-electron chi connectivity index (χ1n) is 5.60. The third-order valence-electron chi connectivity index (χ3n) is 2.65. The molecule has 0 saturated heterocycles. The molecule has 0 radical (unpaired) electrons. The van der Waals surface area contributed by atoms with E-state index in [-0.39, 0.29) is 11.7 Å². The van der Waals surface area contributed by atoms with Gasteiger partial charge in [0.15, 0.2) is 0 Å². The van der Waals surface area contributed by atoms with Gasteiger partial charge >= 0.3 is 0 Å². The van der Waals surface area contributed by atoms with Gasteiger partial charge in [-0.25, -0.2) is 4.39 Å². The largest absolute Gasteiger partial charge is 0.348 e. The Balaban J connectivity index is 2.01. The molecule has 2 rings (SSSR count). The highest BCUT2D eigenvalue weighted by atomic mass is 19.1. The third kappa shape index (κ3) is 2.91. The van der Waals surface area contributed by atoms with Gasteiger partial charge in [-0.2, -0.15) is 0 Å². The second kappa shape index (κ2) is 5.40. The Labute approximate surface area is 105 Å². The molecule has 1 amide bonds. The Morgan fingerprint density at radius 1 is 1.28 bits per heavy atom. The predicted octanol–water partition coefficient (Wildman–Crippen LogP) is 2.46. The summed E-state index contributed by atoms with van der Waals surface area (Å²) in [6, 6.07) is 7.82. The summed E-state index contributed by atoms with van der Waals surface area (Å²) in [6.45, 7) is 2.22.